The number of carbonyl (C=O) groups excluding carboxylic acids is 4. The summed E-state index contributed by atoms with van der Waals surface area (Å²) in [5.41, 5.74) is 3.22. The van der Waals surface area contributed by atoms with Crippen LogP contribution >= 0.6 is 11.6 Å². The van der Waals surface area contributed by atoms with E-state index in [-0.39, 0.29) is 5.57 Å². The number of hydrogen-bond acceptors (Lipinski definition) is 5. The first-order valence-corrected chi connectivity index (χ1v) is 10.7. The van der Waals surface area contributed by atoms with Crippen LogP contribution in [0.1, 0.15) is 23.9 Å². The molecule has 2 heterocycles. The van der Waals surface area contributed by atoms with Crippen molar-refractivity contribution >= 4 is 47.2 Å². The van der Waals surface area contributed by atoms with Gasteiger partial charge in [0.1, 0.15) is 11.3 Å². The number of esters is 1. The first kappa shape index (κ1) is 23.0. The molecule has 1 aliphatic rings. The highest BCUT2D eigenvalue weighted by Gasteiger charge is 2.37. The standard InChI is InChI=1S/C25H20ClN3O5/c1-14-12-17(15(2)28(14)19-8-10-21(11-9-19)34-16(3)30)13-22-23(31)27-25(33)29(24(22)32)20-6-4-18(26)5-7-20/h4-13H,1-3H3,(H,27,31,33). The molecule has 1 fully saturated rings. The number of rotatable bonds is 4. The van der Waals surface area contributed by atoms with E-state index in [2.05, 4.69) is 5.32 Å². The van der Waals surface area contributed by atoms with Gasteiger partial charge in [-0.05, 0) is 80.1 Å². The quantitative estimate of drug-likeness (QED) is 0.261. The zero-order chi connectivity index (χ0) is 24.6. The molecule has 0 atom stereocenters. The van der Waals surface area contributed by atoms with Crippen molar-refractivity contribution in [2.24, 2.45) is 0 Å². The van der Waals surface area contributed by atoms with Crippen molar-refractivity contribution < 1.29 is 23.9 Å². The van der Waals surface area contributed by atoms with Crippen LogP contribution in [0.3, 0.4) is 0 Å². The van der Waals surface area contributed by atoms with Crippen LogP contribution in [0.2, 0.25) is 5.02 Å². The van der Waals surface area contributed by atoms with Gasteiger partial charge in [-0.25, -0.2) is 9.69 Å². The highest BCUT2D eigenvalue weighted by atomic mass is 35.5. The van der Waals surface area contributed by atoms with Gasteiger partial charge < -0.3 is 9.30 Å². The minimum atomic E-state index is -0.826. The Morgan fingerprint density at radius 2 is 1.59 bits per heavy atom. The zero-order valence-corrected chi connectivity index (χ0v) is 19.3. The molecule has 0 aliphatic carbocycles. The van der Waals surface area contributed by atoms with Crippen LogP contribution in [0.25, 0.3) is 11.8 Å². The molecule has 0 spiro atoms. The van der Waals surface area contributed by atoms with Crippen molar-refractivity contribution in [3.05, 3.63) is 82.1 Å². The molecule has 0 unspecified atom stereocenters. The number of imide groups is 2. The van der Waals surface area contributed by atoms with Gasteiger partial charge in [-0.15, -0.1) is 0 Å². The SMILES string of the molecule is CC(=O)Oc1ccc(-n2c(C)cc(C=C3C(=O)NC(=O)N(c4ccc(Cl)cc4)C3=O)c2C)cc1. The zero-order valence-electron chi connectivity index (χ0n) is 18.6. The summed E-state index contributed by atoms with van der Waals surface area (Å²) in [5.74, 6) is -1.48. The summed E-state index contributed by atoms with van der Waals surface area (Å²) in [6, 6.07) is 14.1. The lowest BCUT2D eigenvalue weighted by Crippen LogP contribution is -2.54. The number of barbiturate groups is 1. The Labute approximate surface area is 200 Å². The van der Waals surface area contributed by atoms with Crippen LogP contribution in [-0.2, 0) is 14.4 Å². The van der Waals surface area contributed by atoms with Gasteiger partial charge in [-0.3, -0.25) is 19.7 Å². The average molecular weight is 478 g/mol. The lowest BCUT2D eigenvalue weighted by molar-refractivity contribution is -0.132. The number of ether oxygens (including phenoxy) is 1. The highest BCUT2D eigenvalue weighted by molar-refractivity contribution is 6.39. The van der Waals surface area contributed by atoms with E-state index in [0.29, 0.717) is 22.0 Å². The van der Waals surface area contributed by atoms with E-state index in [1.54, 1.807) is 36.4 Å². The summed E-state index contributed by atoms with van der Waals surface area (Å²) >= 11 is 5.90. The van der Waals surface area contributed by atoms with E-state index >= 15 is 0 Å². The van der Waals surface area contributed by atoms with Crippen LogP contribution in [-0.4, -0.2) is 28.4 Å². The number of nitrogens with one attached hydrogen (secondary N) is 1. The molecule has 172 valence electrons. The van der Waals surface area contributed by atoms with E-state index in [4.69, 9.17) is 16.3 Å². The average Bonchev–Trinajstić information content (AvgIpc) is 3.05. The number of anilines is 1. The minimum absolute atomic E-state index is 0.167. The normalized spacial score (nSPS) is 15.0. The molecule has 0 saturated carbocycles. The molecule has 4 rings (SSSR count). The van der Waals surface area contributed by atoms with Crippen molar-refractivity contribution in [3.8, 4) is 11.4 Å². The second-order valence-corrected chi connectivity index (χ2v) is 8.12. The van der Waals surface area contributed by atoms with Crippen LogP contribution < -0.4 is 15.0 Å². The number of nitrogens with zero attached hydrogens (tertiary/aromatic N) is 2. The molecule has 1 aliphatic heterocycles. The molecule has 2 aromatic carbocycles. The number of amides is 4. The van der Waals surface area contributed by atoms with Crippen molar-refractivity contribution in [3.63, 3.8) is 0 Å². The molecule has 0 radical (unpaired) electrons. The maximum absolute atomic E-state index is 13.1. The summed E-state index contributed by atoms with van der Waals surface area (Å²) in [5, 5.41) is 2.67. The third-order valence-electron chi connectivity index (χ3n) is 5.31. The Morgan fingerprint density at radius 3 is 2.21 bits per heavy atom. The second-order valence-electron chi connectivity index (χ2n) is 7.68. The van der Waals surface area contributed by atoms with Crippen LogP contribution in [0.15, 0.2) is 60.2 Å². The topological polar surface area (TPSA) is 97.7 Å². The monoisotopic (exact) mass is 477 g/mol. The molecule has 4 amide bonds. The smallest absolute Gasteiger partial charge is 0.335 e. The summed E-state index contributed by atoms with van der Waals surface area (Å²) in [6.07, 6.45) is 1.47. The molecular weight excluding hydrogens is 458 g/mol. The molecular formula is C25H20ClN3O5. The number of hydrogen-bond donors (Lipinski definition) is 1. The maximum Gasteiger partial charge on any atom is 0.335 e. The van der Waals surface area contributed by atoms with Gasteiger partial charge in [0.15, 0.2) is 0 Å². The van der Waals surface area contributed by atoms with Crippen LogP contribution in [0, 0.1) is 13.8 Å². The van der Waals surface area contributed by atoms with Crippen molar-refractivity contribution in [1.82, 2.24) is 9.88 Å². The van der Waals surface area contributed by atoms with Gasteiger partial charge in [0.05, 0.1) is 5.69 Å². The first-order valence-electron chi connectivity index (χ1n) is 10.3. The van der Waals surface area contributed by atoms with Crippen molar-refractivity contribution in [2.45, 2.75) is 20.8 Å². The van der Waals surface area contributed by atoms with E-state index in [1.807, 2.05) is 24.5 Å². The number of urea groups is 1. The molecule has 1 N–H and O–H groups in total. The fourth-order valence-corrected chi connectivity index (χ4v) is 3.92. The number of benzene rings is 2. The van der Waals surface area contributed by atoms with Crippen LogP contribution in [0.4, 0.5) is 10.5 Å². The number of aryl methyl sites for hydroxylation is 1. The third-order valence-corrected chi connectivity index (χ3v) is 5.57. The molecule has 8 nitrogen and oxygen atoms in total. The fraction of sp³-hybridized carbons (Fsp3) is 0.120. The lowest BCUT2D eigenvalue weighted by Gasteiger charge is -2.26. The van der Waals surface area contributed by atoms with E-state index < -0.39 is 23.8 Å². The third kappa shape index (κ3) is 4.35. The van der Waals surface area contributed by atoms with Gasteiger partial charge in [-0.2, -0.15) is 0 Å². The lowest BCUT2D eigenvalue weighted by atomic mass is 10.1. The van der Waals surface area contributed by atoms with Crippen molar-refractivity contribution in [2.75, 3.05) is 4.90 Å². The van der Waals surface area contributed by atoms with Gasteiger partial charge >= 0.3 is 12.0 Å². The van der Waals surface area contributed by atoms with E-state index in [1.165, 1.54) is 25.1 Å². The van der Waals surface area contributed by atoms with Gasteiger partial charge in [0.2, 0.25) is 0 Å². The molecule has 3 aromatic rings. The van der Waals surface area contributed by atoms with Gasteiger partial charge in [-0.1, -0.05) is 11.6 Å². The largest absolute Gasteiger partial charge is 0.427 e. The first-order chi connectivity index (χ1) is 16.2. The molecule has 1 aromatic heterocycles. The van der Waals surface area contributed by atoms with Crippen LogP contribution in [0.5, 0.6) is 5.75 Å². The second kappa shape index (κ2) is 8.99. The maximum atomic E-state index is 13.1. The predicted octanol–water partition coefficient (Wildman–Crippen LogP) is 4.34. The van der Waals surface area contributed by atoms with E-state index in [9.17, 15) is 19.2 Å². The predicted molar refractivity (Wildman–Crippen MR) is 127 cm³/mol. The number of carbonyl (C=O) groups is 4. The molecule has 34 heavy (non-hydrogen) atoms. The Bertz CT molecular complexity index is 1350. The number of halogens is 1. The Morgan fingerprint density at radius 1 is 0.971 bits per heavy atom. The summed E-state index contributed by atoms with van der Waals surface area (Å²) < 4.78 is 7.02. The summed E-state index contributed by atoms with van der Waals surface area (Å²) in [6.45, 7) is 5.08. The van der Waals surface area contributed by atoms with Crippen molar-refractivity contribution in [1.29, 1.82) is 0 Å². The number of aromatic nitrogens is 1. The fourth-order valence-electron chi connectivity index (χ4n) is 3.80. The Hall–Kier alpha value is -4.17. The Balaban J connectivity index is 1.70. The minimum Gasteiger partial charge on any atom is -0.427 e. The van der Waals surface area contributed by atoms with Gasteiger partial charge in [0, 0.05) is 29.0 Å². The summed E-state index contributed by atoms with van der Waals surface area (Å²) in [7, 11) is 0. The van der Waals surface area contributed by atoms with Gasteiger partial charge in [0.25, 0.3) is 11.8 Å². The molecule has 1 saturated heterocycles. The Kier molecular flexibility index (Phi) is 6.08. The highest BCUT2D eigenvalue weighted by Crippen LogP contribution is 2.27. The van der Waals surface area contributed by atoms with E-state index in [0.717, 1.165) is 22.0 Å². The summed E-state index contributed by atoms with van der Waals surface area (Å²) in [4.78, 5) is 50.1. The molecule has 0 bridgehead atoms. The molecule has 9 heteroatoms.